The fraction of sp³-hybridized carbons (Fsp3) is 0.658. The summed E-state index contributed by atoms with van der Waals surface area (Å²) in [6.45, 7) is 10.1. The maximum atomic E-state index is 14.9. The van der Waals surface area contributed by atoms with E-state index in [0.717, 1.165) is 45.6 Å². The molecule has 3 saturated carbocycles. The van der Waals surface area contributed by atoms with Crippen LogP contribution in [-0.2, 0) is 34.2 Å². The number of halogens is 3. The molecular weight excluding hydrogens is 609 g/mol. The van der Waals surface area contributed by atoms with Gasteiger partial charge in [-0.05, 0) is 79.8 Å². The van der Waals surface area contributed by atoms with Crippen LogP contribution in [0.1, 0.15) is 78.7 Å². The van der Waals surface area contributed by atoms with Gasteiger partial charge in [0.05, 0.1) is 5.92 Å². The number of cyclic esters (lactones) is 1. The van der Waals surface area contributed by atoms with Gasteiger partial charge in [-0.2, -0.15) is 13.2 Å². The largest absolute Gasteiger partial charge is 0.458 e. The van der Waals surface area contributed by atoms with Crippen LogP contribution in [0, 0.1) is 52.3 Å². The summed E-state index contributed by atoms with van der Waals surface area (Å²) in [7, 11) is 0.865. The van der Waals surface area contributed by atoms with Crippen molar-refractivity contribution in [3.8, 4) is 0 Å². The quantitative estimate of drug-likeness (QED) is 0.279. The Balaban J connectivity index is 1.33. The molecule has 4 fully saturated rings. The van der Waals surface area contributed by atoms with Crippen molar-refractivity contribution in [3.63, 3.8) is 0 Å². The number of carbonyl (C=O) groups excluding carboxylic acids is 3. The van der Waals surface area contributed by atoms with E-state index in [1.807, 2.05) is 19.9 Å². The number of carbonyl (C=O) groups is 3. The first-order chi connectivity index (χ1) is 22.1. The summed E-state index contributed by atoms with van der Waals surface area (Å²) < 4.78 is 61.7. The van der Waals surface area contributed by atoms with Crippen LogP contribution in [0.25, 0.3) is 0 Å². The molecule has 5 aliphatic rings. The summed E-state index contributed by atoms with van der Waals surface area (Å²) in [6, 6.07) is 6.83. The topological polar surface area (TPSA) is 78.9 Å². The molecule has 0 bridgehead atoms. The van der Waals surface area contributed by atoms with Crippen molar-refractivity contribution in [1.82, 2.24) is 0 Å². The molecule has 4 aliphatic carbocycles. The zero-order valence-corrected chi connectivity index (χ0v) is 28.1. The van der Waals surface area contributed by atoms with Gasteiger partial charge in [-0.1, -0.05) is 76.6 Å². The van der Waals surface area contributed by atoms with Gasteiger partial charge in [-0.25, -0.2) is 4.79 Å². The van der Waals surface area contributed by atoms with E-state index in [1.54, 1.807) is 19.1 Å². The van der Waals surface area contributed by atoms with Crippen molar-refractivity contribution in [2.75, 3.05) is 7.11 Å². The lowest BCUT2D eigenvalue weighted by Gasteiger charge is -2.57. The Labute approximate surface area is 275 Å². The van der Waals surface area contributed by atoms with Crippen LogP contribution in [0.15, 0.2) is 54.1 Å². The normalized spacial score (nSPS) is 39.1. The van der Waals surface area contributed by atoms with Crippen LogP contribution in [0.3, 0.4) is 0 Å². The highest BCUT2D eigenvalue weighted by atomic mass is 19.4. The molecule has 1 heterocycles. The SMILES string of the molecule is CO[C@@](C(=O)O[C@@H]([C@@H](C)[C@H]1CC[C@H]2[C@@H]3CCC4=CC(=O)C=C[C@]4(C)[C@H]3CC[C@]12C)[C@@H]1OC(=O)[C@H](C)[C@@H]1C)(c1ccccc1)C(F)(F)F. The maximum Gasteiger partial charge on any atom is 0.432 e. The molecule has 1 saturated heterocycles. The standard InChI is InChI=1S/C38H47F3O6/c1-21-22(2)33(43)46-31(21)32(47-34(44)37(45-6,38(39,40)41)24-10-8-7-9-11-24)23(3)28-14-15-29-27-13-12-25-20-26(42)16-18-35(25,4)30(27)17-19-36(28,29)5/h7-11,16,18,20-23,27-32H,12-15,17,19H2,1-6H3/t21-,22+,23-,27-,28+,29-,30-,31+,32-,35-,36+,37+/m0/s1. The van der Waals surface area contributed by atoms with E-state index in [0.29, 0.717) is 17.8 Å². The monoisotopic (exact) mass is 656 g/mol. The van der Waals surface area contributed by atoms with Crippen molar-refractivity contribution in [2.45, 2.75) is 97.1 Å². The Hall–Kier alpha value is -2.94. The minimum atomic E-state index is -5.12. The molecule has 256 valence electrons. The molecule has 6 rings (SSSR count). The summed E-state index contributed by atoms with van der Waals surface area (Å²) in [5.74, 6) is -1.93. The summed E-state index contributed by atoms with van der Waals surface area (Å²) in [4.78, 5) is 39.0. The lowest BCUT2D eigenvalue weighted by atomic mass is 9.47. The minimum absolute atomic E-state index is 0.0286. The second-order valence-corrected chi connectivity index (χ2v) is 15.4. The molecule has 9 heteroatoms. The number of esters is 2. The van der Waals surface area contributed by atoms with Crippen LogP contribution in [0.5, 0.6) is 0 Å². The van der Waals surface area contributed by atoms with E-state index in [1.165, 1.54) is 29.8 Å². The Morgan fingerprint density at radius 2 is 1.72 bits per heavy atom. The van der Waals surface area contributed by atoms with Crippen molar-refractivity contribution in [1.29, 1.82) is 0 Å². The number of benzene rings is 1. The first-order valence-corrected chi connectivity index (χ1v) is 17.1. The molecule has 0 amide bonds. The highest BCUT2D eigenvalue weighted by Gasteiger charge is 2.66. The van der Waals surface area contributed by atoms with E-state index in [-0.39, 0.29) is 34.0 Å². The van der Waals surface area contributed by atoms with Gasteiger partial charge in [0.25, 0.3) is 5.60 Å². The number of hydrogen-bond acceptors (Lipinski definition) is 6. The van der Waals surface area contributed by atoms with Gasteiger partial charge in [0, 0.05) is 29.9 Å². The molecule has 6 nitrogen and oxygen atoms in total. The van der Waals surface area contributed by atoms with Crippen LogP contribution in [-0.4, -0.2) is 43.2 Å². The van der Waals surface area contributed by atoms with E-state index in [4.69, 9.17) is 14.2 Å². The van der Waals surface area contributed by atoms with Gasteiger partial charge in [0.15, 0.2) is 5.78 Å². The second kappa shape index (κ2) is 11.9. The summed E-state index contributed by atoms with van der Waals surface area (Å²) in [5.41, 5.74) is -2.79. The highest BCUT2D eigenvalue weighted by molar-refractivity contribution is 6.01. The van der Waals surface area contributed by atoms with E-state index in [9.17, 15) is 27.6 Å². The molecule has 12 atom stereocenters. The molecule has 0 radical (unpaired) electrons. The number of alkyl halides is 3. The zero-order chi connectivity index (χ0) is 34.1. The van der Waals surface area contributed by atoms with Crippen molar-refractivity contribution in [2.24, 2.45) is 52.3 Å². The molecular formula is C38H47F3O6. The lowest BCUT2D eigenvalue weighted by Crippen LogP contribution is -2.55. The predicted octanol–water partition coefficient (Wildman–Crippen LogP) is 7.76. The average molecular weight is 657 g/mol. The van der Waals surface area contributed by atoms with Crippen molar-refractivity contribution in [3.05, 3.63) is 59.7 Å². The molecule has 0 N–H and O–H groups in total. The van der Waals surface area contributed by atoms with Gasteiger partial charge in [-0.15, -0.1) is 0 Å². The van der Waals surface area contributed by atoms with E-state index in [2.05, 4.69) is 19.9 Å². The first-order valence-electron chi connectivity index (χ1n) is 17.1. The second-order valence-electron chi connectivity index (χ2n) is 15.4. The van der Waals surface area contributed by atoms with Gasteiger partial charge in [-0.3, -0.25) is 9.59 Å². The molecule has 0 spiro atoms. The Morgan fingerprint density at radius 1 is 1.02 bits per heavy atom. The number of hydrogen-bond donors (Lipinski definition) is 0. The molecule has 1 aromatic rings. The van der Waals surface area contributed by atoms with E-state index >= 15 is 0 Å². The van der Waals surface area contributed by atoms with Crippen LogP contribution < -0.4 is 0 Å². The summed E-state index contributed by atoms with van der Waals surface area (Å²) in [5, 5.41) is 0. The number of ether oxygens (including phenoxy) is 3. The van der Waals surface area contributed by atoms with E-state index < -0.39 is 47.8 Å². The minimum Gasteiger partial charge on any atom is -0.458 e. The fourth-order valence-electron chi connectivity index (χ4n) is 10.6. The van der Waals surface area contributed by atoms with Gasteiger partial charge in [0.1, 0.15) is 12.2 Å². The molecule has 1 aliphatic heterocycles. The summed E-state index contributed by atoms with van der Waals surface area (Å²) >= 11 is 0. The van der Waals surface area contributed by atoms with Crippen LogP contribution in [0.2, 0.25) is 0 Å². The molecule has 0 unspecified atom stereocenters. The van der Waals surface area contributed by atoms with Gasteiger partial charge in [0.2, 0.25) is 0 Å². The average Bonchev–Trinajstić information content (AvgIpc) is 3.51. The first kappa shape index (κ1) is 33.9. The number of rotatable bonds is 7. The smallest absolute Gasteiger partial charge is 0.432 e. The Morgan fingerprint density at radius 3 is 2.34 bits per heavy atom. The number of fused-ring (bicyclic) bond motifs is 5. The third-order valence-corrected chi connectivity index (χ3v) is 13.5. The third kappa shape index (κ3) is 5.12. The third-order valence-electron chi connectivity index (χ3n) is 13.5. The molecule has 0 aromatic heterocycles. The summed E-state index contributed by atoms with van der Waals surface area (Å²) in [6.07, 6.45) is 4.11. The molecule has 1 aromatic carbocycles. The molecule has 47 heavy (non-hydrogen) atoms. The van der Waals surface area contributed by atoms with Crippen molar-refractivity contribution < 1.29 is 41.8 Å². The van der Waals surface area contributed by atoms with Gasteiger partial charge < -0.3 is 14.2 Å². The number of methoxy groups -OCH3 is 1. The van der Waals surface area contributed by atoms with Gasteiger partial charge >= 0.3 is 18.1 Å². The highest BCUT2D eigenvalue weighted by Crippen LogP contribution is 2.67. The fourth-order valence-corrected chi connectivity index (χ4v) is 10.6. The number of allylic oxidation sites excluding steroid dienone is 4. The number of ketones is 1. The zero-order valence-electron chi connectivity index (χ0n) is 28.1. The van der Waals surface area contributed by atoms with Crippen molar-refractivity contribution >= 4 is 17.7 Å². The maximum absolute atomic E-state index is 14.9. The lowest BCUT2D eigenvalue weighted by molar-refractivity contribution is -0.281. The van der Waals surface area contributed by atoms with Crippen LogP contribution in [0.4, 0.5) is 13.2 Å². The Bertz CT molecular complexity index is 1470. The predicted molar refractivity (Wildman–Crippen MR) is 169 cm³/mol. The Kier molecular flexibility index (Phi) is 8.58. The van der Waals surface area contributed by atoms with Crippen LogP contribution >= 0.6 is 0 Å².